The molecule has 0 aromatic carbocycles. The van der Waals surface area contributed by atoms with Crippen molar-refractivity contribution < 1.29 is 9.59 Å². The number of hydrogen-bond donors (Lipinski definition) is 0. The highest BCUT2D eigenvalue weighted by atomic mass is 16.2. The summed E-state index contributed by atoms with van der Waals surface area (Å²) in [5, 5.41) is 0. The standard InChI is InChI=1S/C10H9NO2/c1-6-7(2)10(13)11-5-3-4-8(11)9(6)12/h3-5H,1-2H3. The Morgan fingerprint density at radius 2 is 1.85 bits per heavy atom. The van der Waals surface area contributed by atoms with Gasteiger partial charge < -0.3 is 0 Å². The van der Waals surface area contributed by atoms with E-state index in [0.29, 0.717) is 16.8 Å². The molecule has 0 aliphatic carbocycles. The molecule has 1 aromatic heterocycles. The van der Waals surface area contributed by atoms with E-state index >= 15 is 0 Å². The Balaban J connectivity index is 2.71. The number of allylic oxidation sites excluding steroid dienone is 2. The normalized spacial score (nSPS) is 16.5. The van der Waals surface area contributed by atoms with Gasteiger partial charge in [0.1, 0.15) is 0 Å². The fourth-order valence-electron chi connectivity index (χ4n) is 1.45. The topological polar surface area (TPSA) is 39.1 Å². The van der Waals surface area contributed by atoms with Crippen LogP contribution in [0.4, 0.5) is 0 Å². The number of hydrogen-bond acceptors (Lipinski definition) is 2. The van der Waals surface area contributed by atoms with Crippen LogP contribution < -0.4 is 0 Å². The molecule has 0 unspecified atom stereocenters. The van der Waals surface area contributed by atoms with Crippen molar-refractivity contribution in [2.24, 2.45) is 0 Å². The van der Waals surface area contributed by atoms with E-state index in [1.165, 1.54) is 4.57 Å². The quantitative estimate of drug-likeness (QED) is 0.601. The van der Waals surface area contributed by atoms with Crippen LogP contribution in [0.2, 0.25) is 0 Å². The van der Waals surface area contributed by atoms with Crippen LogP contribution in [0.3, 0.4) is 0 Å². The van der Waals surface area contributed by atoms with Crippen LogP contribution in [0.1, 0.15) is 29.1 Å². The molecule has 13 heavy (non-hydrogen) atoms. The zero-order chi connectivity index (χ0) is 9.59. The van der Waals surface area contributed by atoms with Gasteiger partial charge in [-0.25, -0.2) is 0 Å². The summed E-state index contributed by atoms with van der Waals surface area (Å²) in [7, 11) is 0. The smallest absolute Gasteiger partial charge is 0.258 e. The second-order valence-electron chi connectivity index (χ2n) is 3.15. The van der Waals surface area contributed by atoms with Crippen LogP contribution in [0.5, 0.6) is 0 Å². The molecule has 0 amide bonds. The van der Waals surface area contributed by atoms with Crippen molar-refractivity contribution in [2.45, 2.75) is 13.8 Å². The molecule has 0 fully saturated rings. The zero-order valence-corrected chi connectivity index (χ0v) is 7.50. The first kappa shape index (κ1) is 7.98. The monoisotopic (exact) mass is 175 g/mol. The average Bonchev–Trinajstić information content (AvgIpc) is 2.59. The second-order valence-corrected chi connectivity index (χ2v) is 3.15. The Bertz CT molecular complexity index is 399. The van der Waals surface area contributed by atoms with Gasteiger partial charge >= 0.3 is 0 Å². The van der Waals surface area contributed by atoms with E-state index in [1.807, 2.05) is 0 Å². The third-order valence-electron chi connectivity index (χ3n) is 2.42. The minimum absolute atomic E-state index is 0.0536. The van der Waals surface area contributed by atoms with E-state index in [0.717, 1.165) is 0 Å². The molecule has 1 aliphatic heterocycles. The van der Waals surface area contributed by atoms with Crippen LogP contribution in [0, 0.1) is 0 Å². The van der Waals surface area contributed by atoms with Gasteiger partial charge in [-0.2, -0.15) is 0 Å². The molecule has 66 valence electrons. The number of carbonyl (C=O) groups excluding carboxylic acids is 2. The highest BCUT2D eigenvalue weighted by Crippen LogP contribution is 2.20. The van der Waals surface area contributed by atoms with Crippen LogP contribution in [-0.4, -0.2) is 16.3 Å². The largest absolute Gasteiger partial charge is 0.287 e. The Labute approximate surface area is 75.7 Å². The highest BCUT2D eigenvalue weighted by Gasteiger charge is 2.25. The number of nitrogens with zero attached hydrogens (tertiary/aromatic N) is 1. The third-order valence-corrected chi connectivity index (χ3v) is 2.42. The van der Waals surface area contributed by atoms with Crippen LogP contribution >= 0.6 is 0 Å². The Morgan fingerprint density at radius 3 is 2.54 bits per heavy atom. The van der Waals surface area contributed by atoms with Gasteiger partial charge in [0.25, 0.3) is 5.91 Å². The summed E-state index contributed by atoms with van der Waals surface area (Å²) in [5.74, 6) is -0.154. The lowest BCUT2D eigenvalue weighted by atomic mass is 10.0. The Morgan fingerprint density at radius 1 is 1.15 bits per heavy atom. The van der Waals surface area contributed by atoms with Crippen molar-refractivity contribution in [1.82, 2.24) is 4.57 Å². The molecular formula is C10H9NO2. The lowest BCUT2D eigenvalue weighted by Gasteiger charge is -2.15. The zero-order valence-electron chi connectivity index (χ0n) is 7.50. The summed E-state index contributed by atoms with van der Waals surface area (Å²) in [6.45, 7) is 3.37. The van der Waals surface area contributed by atoms with E-state index in [1.54, 1.807) is 32.2 Å². The maximum absolute atomic E-state index is 11.6. The van der Waals surface area contributed by atoms with Gasteiger partial charge in [0.05, 0.1) is 5.69 Å². The lowest BCUT2D eigenvalue weighted by molar-refractivity contribution is 0.0906. The molecule has 0 radical (unpaired) electrons. The maximum Gasteiger partial charge on any atom is 0.258 e. The number of Topliss-reactive ketones (excluding diaryl/α,β-unsaturated/α-hetero) is 1. The van der Waals surface area contributed by atoms with Crippen LogP contribution in [0.15, 0.2) is 29.5 Å². The fourth-order valence-corrected chi connectivity index (χ4v) is 1.45. The molecule has 1 aliphatic rings. The summed E-state index contributed by atoms with van der Waals surface area (Å²) in [4.78, 5) is 23.2. The molecule has 3 heteroatoms. The highest BCUT2D eigenvalue weighted by molar-refractivity contribution is 6.18. The van der Waals surface area contributed by atoms with Gasteiger partial charge in [0, 0.05) is 17.3 Å². The predicted molar refractivity (Wildman–Crippen MR) is 47.8 cm³/mol. The molecular weight excluding hydrogens is 166 g/mol. The van der Waals surface area contributed by atoms with Gasteiger partial charge in [0.2, 0.25) is 5.78 Å². The summed E-state index contributed by atoms with van der Waals surface area (Å²) < 4.78 is 1.39. The average molecular weight is 175 g/mol. The molecule has 2 rings (SSSR count). The molecule has 0 saturated heterocycles. The lowest BCUT2D eigenvalue weighted by Crippen LogP contribution is -2.24. The van der Waals surface area contributed by atoms with Crippen molar-refractivity contribution >= 4 is 11.7 Å². The summed E-state index contributed by atoms with van der Waals surface area (Å²) in [6.07, 6.45) is 1.62. The third kappa shape index (κ3) is 0.900. The van der Waals surface area contributed by atoms with Crippen molar-refractivity contribution in [3.8, 4) is 0 Å². The second kappa shape index (κ2) is 2.42. The fraction of sp³-hybridized carbons (Fsp3) is 0.200. The summed E-state index contributed by atoms with van der Waals surface area (Å²) in [5.41, 5.74) is 1.55. The van der Waals surface area contributed by atoms with E-state index in [4.69, 9.17) is 0 Å². The molecule has 1 aromatic rings. The summed E-state index contributed by atoms with van der Waals surface area (Å²) in [6, 6.07) is 3.37. The van der Waals surface area contributed by atoms with Gasteiger partial charge in [-0.15, -0.1) is 0 Å². The maximum atomic E-state index is 11.6. The van der Waals surface area contributed by atoms with Crippen molar-refractivity contribution in [3.05, 3.63) is 35.2 Å². The van der Waals surface area contributed by atoms with Gasteiger partial charge in [-0.3, -0.25) is 14.2 Å². The Kier molecular flexibility index (Phi) is 1.49. The Hall–Kier alpha value is -1.64. The van der Waals surface area contributed by atoms with Gasteiger partial charge in [0.15, 0.2) is 0 Å². The first-order valence-electron chi connectivity index (χ1n) is 4.07. The predicted octanol–water partition coefficient (Wildman–Crippen LogP) is 1.66. The molecule has 0 N–H and O–H groups in total. The van der Waals surface area contributed by atoms with Crippen molar-refractivity contribution in [1.29, 1.82) is 0 Å². The first-order valence-corrected chi connectivity index (χ1v) is 4.07. The molecule has 0 bridgehead atoms. The number of fused-ring (bicyclic) bond motifs is 1. The van der Waals surface area contributed by atoms with Gasteiger partial charge in [-0.1, -0.05) is 0 Å². The number of aromatic nitrogens is 1. The minimum atomic E-state index is -0.0999. The first-order chi connectivity index (χ1) is 6.13. The SMILES string of the molecule is CC1=C(C)C(=O)n2cccc2C1=O. The molecule has 0 saturated carbocycles. The van der Waals surface area contributed by atoms with E-state index in [-0.39, 0.29) is 11.7 Å². The number of carbonyl (C=O) groups is 2. The van der Waals surface area contributed by atoms with Gasteiger partial charge in [-0.05, 0) is 26.0 Å². The molecule has 0 atom stereocenters. The minimum Gasteiger partial charge on any atom is -0.287 e. The number of ketones is 1. The molecule has 3 nitrogen and oxygen atoms in total. The van der Waals surface area contributed by atoms with Crippen molar-refractivity contribution in [2.75, 3.05) is 0 Å². The van der Waals surface area contributed by atoms with E-state index < -0.39 is 0 Å². The molecule has 2 heterocycles. The number of rotatable bonds is 0. The molecule has 0 spiro atoms. The van der Waals surface area contributed by atoms with Crippen LogP contribution in [0.25, 0.3) is 0 Å². The van der Waals surface area contributed by atoms with Crippen molar-refractivity contribution in [3.63, 3.8) is 0 Å². The summed E-state index contributed by atoms with van der Waals surface area (Å²) >= 11 is 0. The van der Waals surface area contributed by atoms with Crippen LogP contribution in [-0.2, 0) is 0 Å². The van der Waals surface area contributed by atoms with E-state index in [9.17, 15) is 9.59 Å². The van der Waals surface area contributed by atoms with E-state index in [2.05, 4.69) is 0 Å².